The zero-order valence-corrected chi connectivity index (χ0v) is 10.8. The maximum Gasteiger partial charge on any atom is 0.356 e. The number of nitrogens with zero attached hydrogens (tertiary/aromatic N) is 4. The molecule has 1 aromatic heterocycles. The monoisotopic (exact) mass is 262 g/mol. The normalized spacial score (nSPS) is 24.0. The molecule has 0 radical (unpaired) electrons. The van der Waals surface area contributed by atoms with Crippen molar-refractivity contribution in [2.24, 2.45) is 0 Å². The van der Waals surface area contributed by atoms with Gasteiger partial charge in [-0.25, -0.2) is 14.8 Å². The lowest BCUT2D eigenvalue weighted by molar-refractivity contribution is 0.0690. The molecule has 2 saturated heterocycles. The van der Waals surface area contributed by atoms with Gasteiger partial charge in [0.15, 0.2) is 5.69 Å². The Bertz CT molecular complexity index is 462. The van der Waals surface area contributed by atoms with Crippen LogP contribution < -0.4 is 4.90 Å². The van der Waals surface area contributed by atoms with Gasteiger partial charge in [-0.1, -0.05) is 0 Å². The summed E-state index contributed by atoms with van der Waals surface area (Å²) in [6.07, 6.45) is 6.57. The molecule has 1 unspecified atom stereocenters. The zero-order valence-electron chi connectivity index (χ0n) is 10.8. The molecule has 6 nitrogen and oxygen atoms in total. The summed E-state index contributed by atoms with van der Waals surface area (Å²) in [5.74, 6) is -0.240. The van der Waals surface area contributed by atoms with Gasteiger partial charge in [-0.2, -0.15) is 0 Å². The Hall–Kier alpha value is -1.69. The lowest BCUT2D eigenvalue weighted by Gasteiger charge is -2.26. The summed E-state index contributed by atoms with van der Waals surface area (Å²) in [6.45, 7) is 4.30. The predicted octanol–water partition coefficient (Wildman–Crippen LogP) is 0.849. The van der Waals surface area contributed by atoms with Gasteiger partial charge < -0.3 is 10.0 Å². The van der Waals surface area contributed by atoms with E-state index in [1.165, 1.54) is 25.6 Å². The van der Waals surface area contributed by atoms with Gasteiger partial charge >= 0.3 is 5.97 Å². The maximum atomic E-state index is 10.8. The van der Waals surface area contributed by atoms with Crippen LogP contribution in [0, 0.1) is 0 Å². The van der Waals surface area contributed by atoms with E-state index in [1.54, 1.807) is 6.20 Å². The zero-order chi connectivity index (χ0) is 13.2. The fraction of sp³-hybridized carbons (Fsp3) is 0.615. The van der Waals surface area contributed by atoms with E-state index in [-0.39, 0.29) is 5.69 Å². The molecule has 0 spiro atoms. The summed E-state index contributed by atoms with van der Waals surface area (Å²) in [5, 5.41) is 8.83. The van der Waals surface area contributed by atoms with E-state index in [1.807, 2.05) is 0 Å². The second-order valence-corrected chi connectivity index (χ2v) is 5.20. The first-order valence-corrected chi connectivity index (χ1v) is 6.78. The van der Waals surface area contributed by atoms with Gasteiger partial charge in [-0.3, -0.25) is 4.90 Å². The number of rotatable bonds is 2. The summed E-state index contributed by atoms with van der Waals surface area (Å²) in [5.41, 5.74) is 0.000986. The van der Waals surface area contributed by atoms with Crippen LogP contribution in [-0.2, 0) is 0 Å². The van der Waals surface area contributed by atoms with E-state index in [0.717, 1.165) is 31.9 Å². The highest BCUT2D eigenvalue weighted by atomic mass is 16.4. The quantitative estimate of drug-likeness (QED) is 0.852. The molecule has 1 aromatic rings. The standard InChI is InChI=1S/C13H18N4O2/c18-13(19)11-7-15-12(8-14-11)17-6-2-5-16-4-1-3-10(16)9-17/h7-8,10H,1-6,9H2,(H,18,19). The van der Waals surface area contributed by atoms with Gasteiger partial charge in [0.2, 0.25) is 0 Å². The van der Waals surface area contributed by atoms with Crippen LogP contribution in [0.4, 0.5) is 5.82 Å². The molecule has 19 heavy (non-hydrogen) atoms. The predicted molar refractivity (Wildman–Crippen MR) is 70.4 cm³/mol. The molecule has 0 bridgehead atoms. The maximum absolute atomic E-state index is 10.8. The van der Waals surface area contributed by atoms with Crippen molar-refractivity contribution < 1.29 is 9.90 Å². The minimum atomic E-state index is -1.03. The Morgan fingerprint density at radius 1 is 1.21 bits per heavy atom. The number of fused-ring (bicyclic) bond motifs is 1. The third kappa shape index (κ3) is 2.53. The number of hydrogen-bond donors (Lipinski definition) is 1. The minimum Gasteiger partial charge on any atom is -0.476 e. The van der Waals surface area contributed by atoms with Gasteiger partial charge in [0, 0.05) is 25.7 Å². The number of carboxylic acid groups (broad SMARTS) is 1. The molecule has 3 heterocycles. The summed E-state index contributed by atoms with van der Waals surface area (Å²) >= 11 is 0. The molecule has 102 valence electrons. The van der Waals surface area contributed by atoms with E-state index in [4.69, 9.17) is 5.11 Å². The van der Waals surface area contributed by atoms with Gasteiger partial charge in [-0.15, -0.1) is 0 Å². The molecule has 0 aromatic carbocycles. The van der Waals surface area contributed by atoms with E-state index in [2.05, 4.69) is 19.8 Å². The Balaban J connectivity index is 1.75. The van der Waals surface area contributed by atoms with Crippen LogP contribution in [0.1, 0.15) is 29.8 Å². The van der Waals surface area contributed by atoms with E-state index in [0.29, 0.717) is 6.04 Å². The van der Waals surface area contributed by atoms with Crippen molar-refractivity contribution >= 4 is 11.8 Å². The SMILES string of the molecule is O=C(O)c1cnc(N2CCCN3CCCC3C2)cn1. The molecule has 2 aliphatic rings. The van der Waals surface area contributed by atoms with Gasteiger partial charge in [0.1, 0.15) is 5.82 Å². The Morgan fingerprint density at radius 3 is 2.79 bits per heavy atom. The second-order valence-electron chi connectivity index (χ2n) is 5.20. The van der Waals surface area contributed by atoms with Crippen LogP contribution in [0.5, 0.6) is 0 Å². The van der Waals surface area contributed by atoms with E-state index >= 15 is 0 Å². The molecule has 2 fully saturated rings. The average Bonchev–Trinajstić information content (AvgIpc) is 2.76. The van der Waals surface area contributed by atoms with Crippen LogP contribution in [0.15, 0.2) is 12.4 Å². The van der Waals surface area contributed by atoms with Crippen LogP contribution in [0.3, 0.4) is 0 Å². The van der Waals surface area contributed by atoms with Crippen molar-refractivity contribution in [1.82, 2.24) is 14.9 Å². The molecule has 3 rings (SSSR count). The molecule has 2 aliphatic heterocycles. The first-order chi connectivity index (χ1) is 9.24. The molecular formula is C13H18N4O2. The highest BCUT2D eigenvalue weighted by Crippen LogP contribution is 2.23. The summed E-state index contributed by atoms with van der Waals surface area (Å²) in [7, 11) is 0. The van der Waals surface area contributed by atoms with Crippen molar-refractivity contribution in [3.8, 4) is 0 Å². The Labute approximate surface area is 112 Å². The summed E-state index contributed by atoms with van der Waals surface area (Å²) in [4.78, 5) is 23.8. The van der Waals surface area contributed by atoms with Crippen LogP contribution >= 0.6 is 0 Å². The van der Waals surface area contributed by atoms with Crippen molar-refractivity contribution in [2.75, 3.05) is 31.1 Å². The Morgan fingerprint density at radius 2 is 2.05 bits per heavy atom. The third-order valence-electron chi connectivity index (χ3n) is 3.98. The smallest absolute Gasteiger partial charge is 0.356 e. The van der Waals surface area contributed by atoms with Crippen LogP contribution in [-0.4, -0.2) is 58.2 Å². The van der Waals surface area contributed by atoms with Crippen molar-refractivity contribution in [3.63, 3.8) is 0 Å². The number of aromatic carboxylic acids is 1. The number of aromatic nitrogens is 2. The fourth-order valence-electron chi connectivity index (χ4n) is 3.01. The second kappa shape index (κ2) is 5.13. The average molecular weight is 262 g/mol. The van der Waals surface area contributed by atoms with Crippen LogP contribution in [0.2, 0.25) is 0 Å². The van der Waals surface area contributed by atoms with Crippen molar-refractivity contribution in [3.05, 3.63) is 18.1 Å². The molecule has 6 heteroatoms. The van der Waals surface area contributed by atoms with E-state index < -0.39 is 5.97 Å². The van der Waals surface area contributed by atoms with Crippen LogP contribution in [0.25, 0.3) is 0 Å². The number of carboxylic acids is 1. The molecule has 0 amide bonds. The lowest BCUT2D eigenvalue weighted by Crippen LogP contribution is -2.37. The number of hydrogen-bond acceptors (Lipinski definition) is 5. The van der Waals surface area contributed by atoms with E-state index in [9.17, 15) is 4.79 Å². The molecule has 0 saturated carbocycles. The van der Waals surface area contributed by atoms with Gasteiger partial charge in [0.25, 0.3) is 0 Å². The minimum absolute atomic E-state index is 0.000986. The third-order valence-corrected chi connectivity index (χ3v) is 3.98. The highest BCUT2D eigenvalue weighted by molar-refractivity contribution is 5.84. The van der Waals surface area contributed by atoms with Gasteiger partial charge in [0.05, 0.1) is 12.4 Å². The first-order valence-electron chi connectivity index (χ1n) is 6.78. The number of anilines is 1. The summed E-state index contributed by atoms with van der Waals surface area (Å²) < 4.78 is 0. The van der Waals surface area contributed by atoms with Crippen molar-refractivity contribution in [1.29, 1.82) is 0 Å². The van der Waals surface area contributed by atoms with Crippen molar-refractivity contribution in [2.45, 2.75) is 25.3 Å². The molecule has 1 atom stereocenters. The first kappa shape index (κ1) is 12.3. The Kier molecular flexibility index (Phi) is 3.33. The van der Waals surface area contributed by atoms with Gasteiger partial charge in [-0.05, 0) is 25.8 Å². The lowest BCUT2D eigenvalue weighted by atomic mass is 10.2. The number of carbonyl (C=O) groups is 1. The molecule has 1 N–H and O–H groups in total. The topological polar surface area (TPSA) is 69.6 Å². The molecule has 0 aliphatic carbocycles. The summed E-state index contributed by atoms with van der Waals surface area (Å²) in [6, 6.07) is 0.614. The largest absolute Gasteiger partial charge is 0.476 e. The highest BCUT2D eigenvalue weighted by Gasteiger charge is 2.29. The fourth-order valence-corrected chi connectivity index (χ4v) is 3.01. The molecular weight excluding hydrogens is 244 g/mol.